The average molecular weight is 280 g/mol. The molecule has 0 spiro atoms. The molecule has 3 aromatic rings. The molecule has 0 aliphatic heterocycles. The fourth-order valence-electron chi connectivity index (χ4n) is 2.35. The van der Waals surface area contributed by atoms with Crippen LogP contribution >= 0.6 is 0 Å². The van der Waals surface area contributed by atoms with Gasteiger partial charge in [0.15, 0.2) is 0 Å². The lowest BCUT2D eigenvalue weighted by Crippen LogP contribution is -2.15. The van der Waals surface area contributed by atoms with E-state index in [9.17, 15) is 4.79 Å². The Labute approximate surface area is 122 Å². The minimum Gasteiger partial charge on any atom is -0.369 e. The molecular formula is C16H16N4O. The molecule has 2 N–H and O–H groups in total. The second kappa shape index (κ2) is 5.01. The van der Waals surface area contributed by atoms with Crippen molar-refractivity contribution >= 4 is 11.6 Å². The van der Waals surface area contributed by atoms with Crippen LogP contribution in [0.15, 0.2) is 36.7 Å². The molecule has 0 unspecified atom stereocenters. The number of carbonyl (C=O) groups excluding carboxylic acids is 1. The van der Waals surface area contributed by atoms with Crippen molar-refractivity contribution in [3.05, 3.63) is 53.5 Å². The number of aryl methyl sites for hydroxylation is 2. The first-order chi connectivity index (χ1) is 10.0. The van der Waals surface area contributed by atoms with Gasteiger partial charge >= 0.3 is 0 Å². The van der Waals surface area contributed by atoms with Gasteiger partial charge in [-0.25, -0.2) is 4.98 Å². The number of fused-ring (bicyclic) bond motifs is 1. The molecule has 0 radical (unpaired) electrons. The number of carbonyl (C=O) groups is 1. The van der Waals surface area contributed by atoms with Crippen LogP contribution in [0.4, 0.5) is 0 Å². The summed E-state index contributed by atoms with van der Waals surface area (Å²) >= 11 is 0. The lowest BCUT2D eigenvalue weighted by Gasteiger charge is -2.04. The van der Waals surface area contributed by atoms with Crippen LogP contribution < -0.4 is 5.73 Å². The van der Waals surface area contributed by atoms with Crippen molar-refractivity contribution in [1.29, 1.82) is 0 Å². The smallest absolute Gasteiger partial charge is 0.223 e. The van der Waals surface area contributed by atoms with E-state index in [1.165, 1.54) is 0 Å². The van der Waals surface area contributed by atoms with Gasteiger partial charge < -0.3 is 10.1 Å². The maximum absolute atomic E-state index is 11.4. The normalized spacial score (nSPS) is 11.0. The number of rotatable bonds is 3. The predicted octanol–water partition coefficient (Wildman–Crippen LogP) is 2.04. The molecular weight excluding hydrogens is 264 g/mol. The number of imidazole rings is 1. The molecule has 0 aliphatic rings. The monoisotopic (exact) mass is 280 g/mol. The summed E-state index contributed by atoms with van der Waals surface area (Å²) < 4.78 is 1.91. The predicted molar refractivity (Wildman–Crippen MR) is 80.8 cm³/mol. The molecule has 0 fully saturated rings. The molecule has 1 amide bonds. The highest BCUT2D eigenvalue weighted by molar-refractivity contribution is 5.79. The Morgan fingerprint density at radius 2 is 1.95 bits per heavy atom. The summed E-state index contributed by atoms with van der Waals surface area (Å²) in [7, 11) is 0. The molecule has 0 bridgehead atoms. The van der Waals surface area contributed by atoms with Gasteiger partial charge in [0.05, 0.1) is 17.8 Å². The van der Waals surface area contributed by atoms with Gasteiger partial charge in [-0.1, -0.05) is 12.1 Å². The van der Waals surface area contributed by atoms with Crippen molar-refractivity contribution < 1.29 is 4.79 Å². The first-order valence-corrected chi connectivity index (χ1v) is 6.73. The zero-order valence-corrected chi connectivity index (χ0v) is 12.0. The largest absolute Gasteiger partial charge is 0.369 e. The van der Waals surface area contributed by atoms with Crippen molar-refractivity contribution in [3.63, 3.8) is 0 Å². The molecule has 21 heavy (non-hydrogen) atoms. The first-order valence-electron chi connectivity index (χ1n) is 6.73. The van der Waals surface area contributed by atoms with E-state index in [1.807, 2.05) is 48.7 Å². The van der Waals surface area contributed by atoms with E-state index in [0.29, 0.717) is 5.69 Å². The zero-order valence-electron chi connectivity index (χ0n) is 12.0. The molecule has 0 aliphatic carbocycles. The SMILES string of the molecule is Cc1ccc(-c2nc3ccc(C)cn3c2CC(N)=O)nc1. The minimum atomic E-state index is -0.383. The Bertz CT molecular complexity index is 818. The number of hydrogen-bond acceptors (Lipinski definition) is 3. The minimum absolute atomic E-state index is 0.134. The van der Waals surface area contributed by atoms with Crippen LogP contribution in [0, 0.1) is 13.8 Å². The molecule has 3 rings (SSSR count). The highest BCUT2D eigenvalue weighted by Gasteiger charge is 2.16. The standard InChI is InChI=1S/C16H16N4O/c1-10-3-5-12(18-8-10)16-13(7-14(17)21)20-9-11(2)4-6-15(20)19-16/h3-6,8-9H,7H2,1-2H3,(H2,17,21). The number of nitrogens with two attached hydrogens (primary N) is 1. The van der Waals surface area contributed by atoms with Gasteiger partial charge in [0.25, 0.3) is 0 Å². The zero-order chi connectivity index (χ0) is 15.0. The summed E-state index contributed by atoms with van der Waals surface area (Å²) in [5.41, 5.74) is 10.6. The molecule has 0 atom stereocenters. The second-order valence-corrected chi connectivity index (χ2v) is 5.21. The Morgan fingerprint density at radius 3 is 2.62 bits per heavy atom. The van der Waals surface area contributed by atoms with Gasteiger partial charge in [0, 0.05) is 12.4 Å². The molecule has 5 nitrogen and oxygen atoms in total. The van der Waals surface area contributed by atoms with E-state index >= 15 is 0 Å². The number of aromatic nitrogens is 3. The Morgan fingerprint density at radius 1 is 1.19 bits per heavy atom. The third-order valence-electron chi connectivity index (χ3n) is 3.36. The fraction of sp³-hybridized carbons (Fsp3) is 0.188. The van der Waals surface area contributed by atoms with Gasteiger partial charge in [-0.05, 0) is 37.1 Å². The van der Waals surface area contributed by atoms with Gasteiger partial charge in [-0.15, -0.1) is 0 Å². The quantitative estimate of drug-likeness (QED) is 0.798. The van der Waals surface area contributed by atoms with Crippen molar-refractivity contribution in [2.75, 3.05) is 0 Å². The summed E-state index contributed by atoms with van der Waals surface area (Å²) in [5.74, 6) is -0.383. The van der Waals surface area contributed by atoms with Crippen molar-refractivity contribution in [2.24, 2.45) is 5.73 Å². The van der Waals surface area contributed by atoms with E-state index in [2.05, 4.69) is 9.97 Å². The Balaban J connectivity index is 2.25. The molecule has 5 heteroatoms. The molecule has 0 saturated carbocycles. The van der Waals surface area contributed by atoms with Crippen LogP contribution in [0.1, 0.15) is 16.8 Å². The summed E-state index contributed by atoms with van der Waals surface area (Å²) in [5, 5.41) is 0. The molecule has 106 valence electrons. The van der Waals surface area contributed by atoms with Crippen LogP contribution in [0.2, 0.25) is 0 Å². The fourth-order valence-corrected chi connectivity index (χ4v) is 2.35. The first kappa shape index (κ1) is 13.3. The Kier molecular flexibility index (Phi) is 3.17. The van der Waals surface area contributed by atoms with Crippen molar-refractivity contribution in [1.82, 2.24) is 14.4 Å². The van der Waals surface area contributed by atoms with Crippen molar-refractivity contribution in [3.8, 4) is 11.4 Å². The van der Waals surface area contributed by atoms with Gasteiger partial charge in [-0.3, -0.25) is 9.78 Å². The van der Waals surface area contributed by atoms with Crippen LogP contribution in [0.5, 0.6) is 0 Å². The van der Waals surface area contributed by atoms with Crippen LogP contribution in [0.25, 0.3) is 17.0 Å². The van der Waals surface area contributed by atoms with E-state index in [-0.39, 0.29) is 12.3 Å². The van der Waals surface area contributed by atoms with Crippen LogP contribution in [-0.2, 0) is 11.2 Å². The summed E-state index contributed by atoms with van der Waals surface area (Å²) in [4.78, 5) is 20.4. The van der Waals surface area contributed by atoms with E-state index in [1.54, 1.807) is 6.20 Å². The van der Waals surface area contributed by atoms with Gasteiger partial charge in [0.2, 0.25) is 5.91 Å². The topological polar surface area (TPSA) is 73.3 Å². The van der Waals surface area contributed by atoms with E-state index < -0.39 is 0 Å². The second-order valence-electron chi connectivity index (χ2n) is 5.21. The summed E-state index contributed by atoms with van der Waals surface area (Å²) in [6.07, 6.45) is 3.88. The summed E-state index contributed by atoms with van der Waals surface area (Å²) in [6.45, 7) is 3.98. The highest BCUT2D eigenvalue weighted by atomic mass is 16.1. The van der Waals surface area contributed by atoms with E-state index in [4.69, 9.17) is 5.73 Å². The number of primary amides is 1. The summed E-state index contributed by atoms with van der Waals surface area (Å²) in [6, 6.07) is 7.81. The number of amides is 1. The maximum Gasteiger partial charge on any atom is 0.223 e. The number of hydrogen-bond donors (Lipinski definition) is 1. The van der Waals surface area contributed by atoms with Crippen LogP contribution in [0.3, 0.4) is 0 Å². The number of nitrogens with zero attached hydrogens (tertiary/aromatic N) is 3. The highest BCUT2D eigenvalue weighted by Crippen LogP contribution is 2.24. The molecule has 0 saturated heterocycles. The lowest BCUT2D eigenvalue weighted by atomic mass is 10.1. The molecule has 0 aromatic carbocycles. The van der Waals surface area contributed by atoms with E-state index in [0.717, 1.165) is 28.2 Å². The average Bonchev–Trinajstić information content (AvgIpc) is 2.77. The third kappa shape index (κ3) is 2.50. The Hall–Kier alpha value is -2.69. The lowest BCUT2D eigenvalue weighted by molar-refractivity contribution is -0.117. The molecule has 3 heterocycles. The van der Waals surface area contributed by atoms with Crippen LogP contribution in [-0.4, -0.2) is 20.3 Å². The van der Waals surface area contributed by atoms with Crippen molar-refractivity contribution in [2.45, 2.75) is 20.3 Å². The number of pyridine rings is 2. The third-order valence-corrected chi connectivity index (χ3v) is 3.36. The maximum atomic E-state index is 11.4. The van der Waals surface area contributed by atoms with Gasteiger partial charge in [-0.2, -0.15) is 0 Å². The molecule has 3 aromatic heterocycles. The van der Waals surface area contributed by atoms with Gasteiger partial charge in [0.1, 0.15) is 11.3 Å².